The second kappa shape index (κ2) is 5.54. The Hall–Kier alpha value is -1.51. The number of hydrogen-bond donors (Lipinski definition) is 1. The average Bonchev–Trinajstić information content (AvgIpc) is 2.18. The van der Waals surface area contributed by atoms with Gasteiger partial charge in [0.25, 0.3) is 0 Å². The first-order valence-electron chi connectivity index (χ1n) is 5.47. The van der Waals surface area contributed by atoms with Crippen LogP contribution in [-0.4, -0.2) is 17.2 Å². The Labute approximate surface area is 96.1 Å². The number of ether oxygens (including phenoxy) is 1. The summed E-state index contributed by atoms with van der Waals surface area (Å²) in [7, 11) is 0. The fraction of sp³-hybridized carbons (Fsp3) is 0.462. The van der Waals surface area contributed by atoms with Gasteiger partial charge in [-0.15, -0.1) is 0 Å². The van der Waals surface area contributed by atoms with Gasteiger partial charge >= 0.3 is 5.97 Å². The van der Waals surface area contributed by atoms with Crippen LogP contribution in [-0.2, 0) is 11.2 Å². The summed E-state index contributed by atoms with van der Waals surface area (Å²) in [5.41, 5.74) is 2.09. The van der Waals surface area contributed by atoms with Gasteiger partial charge in [-0.1, -0.05) is 12.1 Å². The summed E-state index contributed by atoms with van der Waals surface area (Å²) in [5, 5.41) is 8.59. The Balaban J connectivity index is 2.70. The summed E-state index contributed by atoms with van der Waals surface area (Å²) in [5.74, 6) is 0.106. The largest absolute Gasteiger partial charge is 0.491 e. The average molecular weight is 222 g/mol. The van der Waals surface area contributed by atoms with E-state index in [9.17, 15) is 4.79 Å². The van der Waals surface area contributed by atoms with Crippen LogP contribution in [0.5, 0.6) is 5.75 Å². The van der Waals surface area contributed by atoms with Crippen molar-refractivity contribution in [2.45, 2.75) is 39.7 Å². The van der Waals surface area contributed by atoms with Crippen LogP contribution in [0, 0.1) is 6.92 Å². The predicted molar refractivity (Wildman–Crippen MR) is 62.9 cm³/mol. The maximum atomic E-state index is 10.4. The predicted octanol–water partition coefficient (Wildman–Crippen LogP) is 2.80. The third-order valence-corrected chi connectivity index (χ3v) is 2.23. The van der Waals surface area contributed by atoms with E-state index < -0.39 is 5.97 Å². The summed E-state index contributed by atoms with van der Waals surface area (Å²) in [4.78, 5) is 10.4. The second-order valence-electron chi connectivity index (χ2n) is 4.16. The van der Waals surface area contributed by atoms with Gasteiger partial charge in [-0.25, -0.2) is 0 Å². The van der Waals surface area contributed by atoms with E-state index in [4.69, 9.17) is 9.84 Å². The normalized spacial score (nSPS) is 10.5. The minimum atomic E-state index is -0.764. The number of benzene rings is 1. The first-order valence-corrected chi connectivity index (χ1v) is 5.47. The molecule has 0 heterocycles. The van der Waals surface area contributed by atoms with E-state index in [1.807, 2.05) is 39.0 Å². The molecule has 0 aromatic heterocycles. The van der Waals surface area contributed by atoms with Crippen molar-refractivity contribution < 1.29 is 14.6 Å². The molecule has 0 radical (unpaired) electrons. The van der Waals surface area contributed by atoms with E-state index in [2.05, 4.69) is 0 Å². The van der Waals surface area contributed by atoms with Crippen molar-refractivity contribution in [3.8, 4) is 5.75 Å². The third kappa shape index (κ3) is 3.93. The van der Waals surface area contributed by atoms with Gasteiger partial charge in [-0.2, -0.15) is 0 Å². The summed E-state index contributed by atoms with van der Waals surface area (Å²) in [6.07, 6.45) is 0.894. The molecule has 1 aromatic carbocycles. The molecule has 0 unspecified atom stereocenters. The van der Waals surface area contributed by atoms with Crippen molar-refractivity contribution >= 4 is 5.97 Å². The molecule has 0 aliphatic rings. The minimum Gasteiger partial charge on any atom is -0.491 e. The van der Waals surface area contributed by atoms with Gasteiger partial charge in [-0.05, 0) is 44.4 Å². The van der Waals surface area contributed by atoms with Gasteiger partial charge < -0.3 is 9.84 Å². The summed E-state index contributed by atoms with van der Waals surface area (Å²) < 4.78 is 5.61. The molecule has 1 rings (SSSR count). The number of rotatable bonds is 5. The Kier molecular flexibility index (Phi) is 4.35. The molecule has 0 saturated carbocycles. The lowest BCUT2D eigenvalue weighted by molar-refractivity contribution is -0.136. The van der Waals surface area contributed by atoms with Crippen LogP contribution in [0.1, 0.15) is 31.4 Å². The van der Waals surface area contributed by atoms with Gasteiger partial charge in [0.1, 0.15) is 5.75 Å². The lowest BCUT2D eigenvalue weighted by Crippen LogP contribution is -2.07. The second-order valence-corrected chi connectivity index (χ2v) is 4.16. The van der Waals surface area contributed by atoms with E-state index in [1.165, 1.54) is 0 Å². The monoisotopic (exact) mass is 222 g/mol. The Morgan fingerprint density at radius 1 is 1.44 bits per heavy atom. The van der Waals surface area contributed by atoms with Crippen LogP contribution in [0.4, 0.5) is 0 Å². The van der Waals surface area contributed by atoms with Crippen molar-refractivity contribution in [3.05, 3.63) is 29.3 Å². The molecule has 3 heteroatoms. The molecule has 0 aliphatic carbocycles. The zero-order valence-corrected chi connectivity index (χ0v) is 9.99. The molecule has 1 aromatic rings. The standard InChI is InChI=1S/C13H18O3/c1-9(2)16-12-6-4-11(8-10(12)3)5-7-13(14)15/h4,6,8-9H,5,7H2,1-3H3,(H,14,15). The fourth-order valence-corrected chi connectivity index (χ4v) is 1.50. The topological polar surface area (TPSA) is 46.5 Å². The Bertz CT molecular complexity index is 369. The third-order valence-electron chi connectivity index (χ3n) is 2.23. The number of hydrogen-bond acceptors (Lipinski definition) is 2. The first-order chi connectivity index (χ1) is 7.49. The van der Waals surface area contributed by atoms with Crippen LogP contribution in [0.3, 0.4) is 0 Å². The first kappa shape index (κ1) is 12.6. The van der Waals surface area contributed by atoms with Crippen LogP contribution in [0.2, 0.25) is 0 Å². The molecule has 0 aliphatic heterocycles. The van der Waals surface area contributed by atoms with Crippen molar-refractivity contribution in [1.29, 1.82) is 0 Å². The lowest BCUT2D eigenvalue weighted by Gasteiger charge is -2.13. The summed E-state index contributed by atoms with van der Waals surface area (Å²) >= 11 is 0. The van der Waals surface area contributed by atoms with E-state index in [-0.39, 0.29) is 12.5 Å². The van der Waals surface area contributed by atoms with E-state index >= 15 is 0 Å². The highest BCUT2D eigenvalue weighted by atomic mass is 16.5. The highest BCUT2D eigenvalue weighted by Crippen LogP contribution is 2.21. The van der Waals surface area contributed by atoms with E-state index in [1.54, 1.807) is 0 Å². The van der Waals surface area contributed by atoms with Crippen molar-refractivity contribution in [2.75, 3.05) is 0 Å². The maximum Gasteiger partial charge on any atom is 0.303 e. The number of aliphatic carboxylic acids is 1. The van der Waals surface area contributed by atoms with Crippen molar-refractivity contribution in [1.82, 2.24) is 0 Å². The maximum absolute atomic E-state index is 10.4. The smallest absolute Gasteiger partial charge is 0.303 e. The number of aryl methyl sites for hydroxylation is 2. The number of carbonyl (C=O) groups is 1. The molecule has 0 bridgehead atoms. The quantitative estimate of drug-likeness (QED) is 0.833. The molecule has 3 nitrogen and oxygen atoms in total. The molecule has 0 amide bonds. The fourth-order valence-electron chi connectivity index (χ4n) is 1.50. The van der Waals surface area contributed by atoms with E-state index in [0.29, 0.717) is 6.42 Å². The highest BCUT2D eigenvalue weighted by molar-refractivity contribution is 5.67. The molecular formula is C13H18O3. The summed E-state index contributed by atoms with van der Waals surface area (Å²) in [6, 6.07) is 5.82. The molecule has 0 saturated heterocycles. The molecule has 1 N–H and O–H groups in total. The Morgan fingerprint density at radius 3 is 2.62 bits per heavy atom. The van der Waals surface area contributed by atoms with Crippen molar-refractivity contribution in [2.24, 2.45) is 0 Å². The lowest BCUT2D eigenvalue weighted by atomic mass is 10.1. The van der Waals surface area contributed by atoms with Gasteiger partial charge in [0.15, 0.2) is 0 Å². The van der Waals surface area contributed by atoms with Crippen molar-refractivity contribution in [3.63, 3.8) is 0 Å². The van der Waals surface area contributed by atoms with E-state index in [0.717, 1.165) is 16.9 Å². The van der Waals surface area contributed by atoms with Crippen LogP contribution in [0.25, 0.3) is 0 Å². The number of carboxylic acid groups (broad SMARTS) is 1. The minimum absolute atomic E-state index is 0.156. The summed E-state index contributed by atoms with van der Waals surface area (Å²) in [6.45, 7) is 5.94. The molecule has 0 spiro atoms. The molecule has 16 heavy (non-hydrogen) atoms. The van der Waals surface area contributed by atoms with Gasteiger partial charge in [0.2, 0.25) is 0 Å². The highest BCUT2D eigenvalue weighted by Gasteiger charge is 2.04. The molecule has 88 valence electrons. The van der Waals surface area contributed by atoms with Gasteiger partial charge in [-0.3, -0.25) is 4.79 Å². The van der Waals surface area contributed by atoms with Gasteiger partial charge in [0, 0.05) is 6.42 Å². The van der Waals surface area contributed by atoms with Crippen LogP contribution < -0.4 is 4.74 Å². The SMILES string of the molecule is Cc1cc(CCC(=O)O)ccc1OC(C)C. The Morgan fingerprint density at radius 2 is 2.12 bits per heavy atom. The molecule has 0 fully saturated rings. The number of carboxylic acids is 1. The van der Waals surface area contributed by atoms with Crippen LogP contribution >= 0.6 is 0 Å². The van der Waals surface area contributed by atoms with Crippen LogP contribution in [0.15, 0.2) is 18.2 Å². The van der Waals surface area contributed by atoms with Gasteiger partial charge in [0.05, 0.1) is 6.10 Å². The zero-order valence-electron chi connectivity index (χ0n) is 9.99. The molecule has 0 atom stereocenters. The molecular weight excluding hydrogens is 204 g/mol. The zero-order chi connectivity index (χ0) is 12.1.